The summed E-state index contributed by atoms with van der Waals surface area (Å²) in [4.78, 5) is 11.6. The standard InChI is InChI=1S/C14H14O.C8H8/c1-4-8-13(14(15)5-2)12-10-7-6-9-11(12)3;1-2-8-6-4-3-5-7-8/h4-10H,1-2H2,3H3;2-7H,1H2. The molecule has 0 radical (unpaired) electrons. The van der Waals surface area contributed by atoms with E-state index < -0.39 is 0 Å². The normalized spacial score (nSPS) is 10.0. The Hall–Kier alpha value is -2.93. The quantitative estimate of drug-likeness (QED) is 0.515. The minimum Gasteiger partial charge on any atom is -0.289 e. The van der Waals surface area contributed by atoms with Crippen molar-refractivity contribution in [3.63, 3.8) is 0 Å². The van der Waals surface area contributed by atoms with Gasteiger partial charge in [-0.15, -0.1) is 0 Å². The molecule has 0 fully saturated rings. The highest BCUT2D eigenvalue weighted by Gasteiger charge is 2.09. The number of carbonyl (C=O) groups is 1. The summed E-state index contributed by atoms with van der Waals surface area (Å²) in [5.41, 5.74) is 3.81. The van der Waals surface area contributed by atoms with Crippen LogP contribution in [-0.2, 0) is 4.79 Å². The summed E-state index contributed by atoms with van der Waals surface area (Å²) in [6, 6.07) is 17.8. The highest BCUT2D eigenvalue weighted by Crippen LogP contribution is 2.19. The van der Waals surface area contributed by atoms with Gasteiger partial charge < -0.3 is 0 Å². The second kappa shape index (κ2) is 9.91. The lowest BCUT2D eigenvalue weighted by atomic mass is 9.97. The van der Waals surface area contributed by atoms with E-state index in [2.05, 4.69) is 19.7 Å². The van der Waals surface area contributed by atoms with Gasteiger partial charge in [-0.05, 0) is 29.7 Å². The summed E-state index contributed by atoms with van der Waals surface area (Å²) in [5.74, 6) is -0.0794. The second-order valence-electron chi connectivity index (χ2n) is 4.81. The number of hydrogen-bond donors (Lipinski definition) is 0. The lowest BCUT2D eigenvalue weighted by molar-refractivity contribution is -0.109. The van der Waals surface area contributed by atoms with Crippen LogP contribution in [0.1, 0.15) is 16.7 Å². The zero-order chi connectivity index (χ0) is 17.1. The summed E-state index contributed by atoms with van der Waals surface area (Å²) < 4.78 is 0. The molecule has 0 aromatic heterocycles. The number of hydrogen-bond acceptors (Lipinski definition) is 1. The minimum atomic E-state index is -0.0794. The van der Waals surface area contributed by atoms with Crippen molar-refractivity contribution in [3.05, 3.63) is 109 Å². The molecular formula is C22H22O. The fraction of sp³-hybridized carbons (Fsp3) is 0.0455. The van der Waals surface area contributed by atoms with Crippen molar-refractivity contribution in [1.29, 1.82) is 0 Å². The van der Waals surface area contributed by atoms with Crippen molar-refractivity contribution < 1.29 is 4.79 Å². The van der Waals surface area contributed by atoms with Crippen molar-refractivity contribution in [3.8, 4) is 0 Å². The van der Waals surface area contributed by atoms with Gasteiger partial charge in [0, 0.05) is 5.57 Å². The van der Waals surface area contributed by atoms with Gasteiger partial charge >= 0.3 is 0 Å². The van der Waals surface area contributed by atoms with Crippen LogP contribution in [0.5, 0.6) is 0 Å². The topological polar surface area (TPSA) is 17.1 Å². The van der Waals surface area contributed by atoms with Crippen molar-refractivity contribution in [2.24, 2.45) is 0 Å². The molecule has 0 saturated heterocycles. The molecule has 0 bridgehead atoms. The molecule has 23 heavy (non-hydrogen) atoms. The monoisotopic (exact) mass is 302 g/mol. The van der Waals surface area contributed by atoms with E-state index in [1.54, 1.807) is 12.2 Å². The van der Waals surface area contributed by atoms with E-state index in [9.17, 15) is 4.79 Å². The van der Waals surface area contributed by atoms with Gasteiger partial charge in [0.05, 0.1) is 0 Å². The fourth-order valence-corrected chi connectivity index (χ4v) is 2.00. The smallest absolute Gasteiger partial charge is 0.185 e. The number of allylic oxidation sites excluding steroid dienone is 4. The third-order valence-electron chi connectivity index (χ3n) is 3.21. The van der Waals surface area contributed by atoms with E-state index in [1.165, 1.54) is 11.6 Å². The van der Waals surface area contributed by atoms with Gasteiger partial charge in [0.2, 0.25) is 0 Å². The van der Waals surface area contributed by atoms with Crippen molar-refractivity contribution in [2.45, 2.75) is 6.92 Å². The van der Waals surface area contributed by atoms with Crippen molar-refractivity contribution in [2.75, 3.05) is 0 Å². The van der Waals surface area contributed by atoms with Gasteiger partial charge in [-0.25, -0.2) is 0 Å². The Morgan fingerprint density at radius 3 is 2.00 bits per heavy atom. The largest absolute Gasteiger partial charge is 0.289 e. The van der Waals surface area contributed by atoms with Gasteiger partial charge in [-0.1, -0.05) is 92.6 Å². The molecule has 2 aromatic rings. The molecule has 116 valence electrons. The molecule has 0 N–H and O–H groups in total. The molecule has 0 heterocycles. The van der Waals surface area contributed by atoms with Crippen LogP contribution in [0, 0.1) is 6.92 Å². The number of aryl methyl sites for hydroxylation is 1. The first-order chi connectivity index (χ1) is 11.1. The van der Waals surface area contributed by atoms with Gasteiger partial charge in [0.15, 0.2) is 5.78 Å². The van der Waals surface area contributed by atoms with Crippen LogP contribution in [0.3, 0.4) is 0 Å². The molecule has 0 atom stereocenters. The molecule has 0 spiro atoms. The molecule has 1 nitrogen and oxygen atoms in total. The zero-order valence-electron chi connectivity index (χ0n) is 13.5. The molecule has 0 aliphatic heterocycles. The summed E-state index contributed by atoms with van der Waals surface area (Å²) in [6.45, 7) is 12.7. The second-order valence-corrected chi connectivity index (χ2v) is 4.81. The number of carbonyl (C=O) groups excluding carboxylic acids is 1. The first-order valence-electron chi connectivity index (χ1n) is 7.37. The van der Waals surface area contributed by atoms with Crippen molar-refractivity contribution >= 4 is 17.4 Å². The van der Waals surface area contributed by atoms with E-state index in [-0.39, 0.29) is 5.78 Å². The molecule has 0 saturated carbocycles. The Morgan fingerprint density at radius 2 is 1.52 bits per heavy atom. The Morgan fingerprint density at radius 1 is 0.913 bits per heavy atom. The molecule has 2 aromatic carbocycles. The third-order valence-corrected chi connectivity index (χ3v) is 3.21. The van der Waals surface area contributed by atoms with Gasteiger partial charge in [0.25, 0.3) is 0 Å². The van der Waals surface area contributed by atoms with E-state index >= 15 is 0 Å². The molecular weight excluding hydrogens is 280 g/mol. The average Bonchev–Trinajstić information content (AvgIpc) is 2.61. The molecule has 0 aliphatic carbocycles. The lowest BCUT2D eigenvalue weighted by Crippen LogP contribution is -1.99. The molecule has 0 amide bonds. The van der Waals surface area contributed by atoms with Crippen LogP contribution >= 0.6 is 0 Å². The van der Waals surface area contributed by atoms with E-state index in [1.807, 2.05) is 67.6 Å². The SMILES string of the molecule is C=CC=C(C(=O)C=C)c1ccccc1C.C=Cc1ccccc1. The predicted octanol–water partition coefficient (Wildman–Crippen LogP) is 5.65. The van der Waals surface area contributed by atoms with Crippen LogP contribution in [0.2, 0.25) is 0 Å². The van der Waals surface area contributed by atoms with E-state index in [0.717, 1.165) is 11.1 Å². The van der Waals surface area contributed by atoms with Crippen LogP contribution in [0.15, 0.2) is 92.6 Å². The predicted molar refractivity (Wildman–Crippen MR) is 101 cm³/mol. The van der Waals surface area contributed by atoms with E-state index in [0.29, 0.717) is 5.57 Å². The first kappa shape index (κ1) is 18.1. The van der Waals surface area contributed by atoms with E-state index in [4.69, 9.17) is 0 Å². The molecule has 0 aliphatic rings. The average molecular weight is 302 g/mol. The highest BCUT2D eigenvalue weighted by atomic mass is 16.1. The Bertz CT molecular complexity index is 706. The van der Waals surface area contributed by atoms with Gasteiger partial charge in [-0.2, -0.15) is 0 Å². The minimum absolute atomic E-state index is 0.0794. The highest BCUT2D eigenvalue weighted by molar-refractivity contribution is 6.26. The maximum Gasteiger partial charge on any atom is 0.185 e. The zero-order valence-corrected chi connectivity index (χ0v) is 13.5. The molecule has 1 heteroatoms. The Kier molecular flexibility index (Phi) is 7.81. The maximum absolute atomic E-state index is 11.6. The number of ketones is 1. The third kappa shape index (κ3) is 5.76. The lowest BCUT2D eigenvalue weighted by Gasteiger charge is -2.06. The van der Waals surface area contributed by atoms with Crippen LogP contribution in [0.4, 0.5) is 0 Å². The Balaban J connectivity index is 0.000000277. The summed E-state index contributed by atoms with van der Waals surface area (Å²) in [5, 5.41) is 0. The van der Waals surface area contributed by atoms with Crippen molar-refractivity contribution in [1.82, 2.24) is 0 Å². The van der Waals surface area contributed by atoms with Gasteiger partial charge in [0.1, 0.15) is 0 Å². The summed E-state index contributed by atoms with van der Waals surface area (Å²) in [6.07, 6.45) is 6.48. The van der Waals surface area contributed by atoms with Crippen LogP contribution in [0.25, 0.3) is 11.6 Å². The Labute approximate surface area is 139 Å². The number of benzene rings is 2. The van der Waals surface area contributed by atoms with Crippen LogP contribution in [-0.4, -0.2) is 5.78 Å². The fourth-order valence-electron chi connectivity index (χ4n) is 2.00. The summed E-state index contributed by atoms with van der Waals surface area (Å²) in [7, 11) is 0. The molecule has 2 rings (SSSR count). The molecule has 0 unspecified atom stereocenters. The number of rotatable bonds is 5. The van der Waals surface area contributed by atoms with Crippen LogP contribution < -0.4 is 0 Å². The summed E-state index contributed by atoms with van der Waals surface area (Å²) >= 11 is 0. The van der Waals surface area contributed by atoms with Gasteiger partial charge in [-0.3, -0.25) is 4.79 Å². The first-order valence-corrected chi connectivity index (χ1v) is 7.37. The maximum atomic E-state index is 11.6.